The summed E-state index contributed by atoms with van der Waals surface area (Å²) in [6, 6.07) is 3.88. The number of amides is 2. The van der Waals surface area contributed by atoms with Gasteiger partial charge in [0.05, 0.1) is 24.6 Å². The minimum absolute atomic E-state index is 0.156. The van der Waals surface area contributed by atoms with Crippen LogP contribution in [0.25, 0.3) is 0 Å². The Morgan fingerprint density at radius 2 is 1.91 bits per heavy atom. The second-order valence-electron chi connectivity index (χ2n) is 5.38. The van der Waals surface area contributed by atoms with Crippen LogP contribution in [0.2, 0.25) is 0 Å². The van der Waals surface area contributed by atoms with Gasteiger partial charge in [-0.2, -0.15) is 13.2 Å². The summed E-state index contributed by atoms with van der Waals surface area (Å²) in [6.07, 6.45) is -3.92. The fourth-order valence-corrected chi connectivity index (χ4v) is 2.81. The number of nitrogens with one attached hydrogen (secondary N) is 1. The highest BCUT2D eigenvalue weighted by atomic mass is 19.4. The van der Waals surface area contributed by atoms with E-state index in [4.69, 9.17) is 0 Å². The number of halogens is 3. The van der Waals surface area contributed by atoms with Crippen LogP contribution in [0, 0.1) is 5.92 Å². The Bertz CT molecular complexity index is 587. The maximum atomic E-state index is 12.7. The van der Waals surface area contributed by atoms with Gasteiger partial charge in [-0.25, -0.2) is 5.48 Å². The highest BCUT2D eigenvalue weighted by molar-refractivity contribution is 5.84. The summed E-state index contributed by atoms with van der Waals surface area (Å²) in [7, 11) is 2.83. The van der Waals surface area contributed by atoms with E-state index in [0.717, 1.165) is 12.1 Å². The van der Waals surface area contributed by atoms with E-state index < -0.39 is 29.6 Å². The van der Waals surface area contributed by atoms with E-state index in [2.05, 4.69) is 10.3 Å². The lowest BCUT2D eigenvalue weighted by Gasteiger charge is -2.38. The lowest BCUT2D eigenvalue weighted by atomic mass is 9.84. The van der Waals surface area contributed by atoms with Crippen molar-refractivity contribution < 1.29 is 27.6 Å². The fraction of sp³-hybridized carbons (Fsp3) is 0.467. The van der Waals surface area contributed by atoms with Crippen LogP contribution in [0.5, 0.6) is 0 Å². The van der Waals surface area contributed by atoms with Crippen LogP contribution in [0.4, 0.5) is 13.2 Å². The predicted molar refractivity (Wildman–Crippen MR) is 74.8 cm³/mol. The van der Waals surface area contributed by atoms with Gasteiger partial charge in [0.1, 0.15) is 0 Å². The lowest BCUT2D eigenvalue weighted by molar-refractivity contribution is -0.146. The van der Waals surface area contributed by atoms with E-state index in [-0.39, 0.29) is 12.3 Å². The quantitative estimate of drug-likeness (QED) is 0.865. The number of likely N-dealkylation sites (tertiary alicyclic amines) is 1. The minimum atomic E-state index is -4.43. The Balaban J connectivity index is 2.34. The maximum absolute atomic E-state index is 12.7. The molecule has 1 fully saturated rings. The number of rotatable bonds is 3. The number of nitrogens with zero attached hydrogens (tertiary/aromatic N) is 1. The molecule has 2 atom stereocenters. The van der Waals surface area contributed by atoms with Crippen molar-refractivity contribution >= 4 is 11.8 Å². The van der Waals surface area contributed by atoms with E-state index in [0.29, 0.717) is 12.0 Å². The largest absolute Gasteiger partial charge is 0.416 e. The van der Waals surface area contributed by atoms with Gasteiger partial charge in [-0.15, -0.1) is 0 Å². The highest BCUT2D eigenvalue weighted by Gasteiger charge is 2.39. The van der Waals surface area contributed by atoms with Crippen LogP contribution >= 0.6 is 0 Å². The molecule has 0 radical (unpaired) electrons. The van der Waals surface area contributed by atoms with Gasteiger partial charge in [-0.3, -0.25) is 14.4 Å². The van der Waals surface area contributed by atoms with Crippen LogP contribution < -0.4 is 5.48 Å². The number of piperidine rings is 1. The second-order valence-corrected chi connectivity index (χ2v) is 5.38. The maximum Gasteiger partial charge on any atom is 0.416 e. The average molecular weight is 330 g/mol. The number of hydroxylamine groups is 1. The van der Waals surface area contributed by atoms with Gasteiger partial charge < -0.3 is 4.90 Å². The summed E-state index contributed by atoms with van der Waals surface area (Å²) in [5.41, 5.74) is 1.93. The zero-order valence-electron chi connectivity index (χ0n) is 12.7. The molecule has 0 unspecified atom stereocenters. The van der Waals surface area contributed by atoms with Crippen LogP contribution in [0.3, 0.4) is 0 Å². The Kier molecular flexibility index (Phi) is 4.93. The minimum Gasteiger partial charge on any atom is -0.338 e. The van der Waals surface area contributed by atoms with Gasteiger partial charge in [-0.1, -0.05) is 12.1 Å². The van der Waals surface area contributed by atoms with Crippen molar-refractivity contribution in [3.8, 4) is 0 Å². The Hall–Kier alpha value is -2.09. The first kappa shape index (κ1) is 17.3. The smallest absolute Gasteiger partial charge is 0.338 e. The monoisotopic (exact) mass is 330 g/mol. The molecule has 0 aromatic heterocycles. The predicted octanol–water partition coefficient (Wildman–Crippen LogP) is 2.29. The van der Waals surface area contributed by atoms with Crippen LogP contribution in [0.1, 0.15) is 30.0 Å². The van der Waals surface area contributed by atoms with E-state index >= 15 is 0 Å². The number of carbonyl (C=O) groups is 2. The van der Waals surface area contributed by atoms with Gasteiger partial charge in [-0.05, 0) is 24.1 Å². The van der Waals surface area contributed by atoms with Gasteiger partial charge in [0.25, 0.3) is 0 Å². The van der Waals surface area contributed by atoms with Crippen LogP contribution in [0.15, 0.2) is 24.3 Å². The molecule has 1 aliphatic heterocycles. The van der Waals surface area contributed by atoms with E-state index in [1.54, 1.807) is 0 Å². The van der Waals surface area contributed by atoms with Gasteiger partial charge in [0.2, 0.25) is 11.8 Å². The molecule has 1 aromatic rings. The van der Waals surface area contributed by atoms with Crippen molar-refractivity contribution in [2.24, 2.45) is 5.92 Å². The zero-order chi connectivity index (χ0) is 17.2. The number of hydrogen-bond donors (Lipinski definition) is 1. The van der Waals surface area contributed by atoms with Crippen LogP contribution in [-0.2, 0) is 20.6 Å². The summed E-state index contributed by atoms with van der Waals surface area (Å²) in [5, 5.41) is 0. The molecule has 8 heteroatoms. The first-order chi connectivity index (χ1) is 10.8. The standard InChI is InChI=1S/C15H17F3N2O3/c1-20-12(21)8-7-11(14(22)19-23-2)13(20)9-3-5-10(6-4-9)15(16,17)18/h3-6,11,13H,7-8H2,1-2H3,(H,19,22)/t11-,13-/m1/s1. The van der Waals surface area contributed by atoms with Crippen LogP contribution in [-0.4, -0.2) is 30.9 Å². The van der Waals surface area contributed by atoms with E-state index in [9.17, 15) is 22.8 Å². The molecule has 1 N–H and O–H groups in total. The van der Waals surface area contributed by atoms with E-state index in [1.807, 2.05) is 0 Å². The lowest BCUT2D eigenvalue weighted by Crippen LogP contribution is -2.46. The molecule has 23 heavy (non-hydrogen) atoms. The molecule has 0 saturated carbocycles. The topological polar surface area (TPSA) is 58.6 Å². The zero-order valence-corrected chi connectivity index (χ0v) is 12.7. The number of alkyl halides is 3. The molecule has 1 heterocycles. The van der Waals surface area contributed by atoms with Crippen molar-refractivity contribution in [2.75, 3.05) is 14.2 Å². The average Bonchev–Trinajstić information content (AvgIpc) is 2.49. The molecule has 0 bridgehead atoms. The van der Waals surface area contributed by atoms with Crippen molar-refractivity contribution in [3.05, 3.63) is 35.4 Å². The fourth-order valence-electron chi connectivity index (χ4n) is 2.81. The summed E-state index contributed by atoms with van der Waals surface area (Å²) in [6.45, 7) is 0. The summed E-state index contributed by atoms with van der Waals surface area (Å²) in [4.78, 5) is 30.0. The van der Waals surface area contributed by atoms with Crippen molar-refractivity contribution in [2.45, 2.75) is 25.1 Å². The van der Waals surface area contributed by atoms with Gasteiger partial charge in [0.15, 0.2) is 0 Å². The Morgan fingerprint density at radius 3 is 2.43 bits per heavy atom. The number of hydrogen-bond acceptors (Lipinski definition) is 3. The molecule has 1 aliphatic rings. The Morgan fingerprint density at radius 1 is 1.30 bits per heavy atom. The first-order valence-electron chi connectivity index (χ1n) is 7.01. The summed E-state index contributed by atoms with van der Waals surface area (Å²) in [5.74, 6) is -1.15. The van der Waals surface area contributed by atoms with Crippen molar-refractivity contribution in [1.82, 2.24) is 10.4 Å². The van der Waals surface area contributed by atoms with Crippen molar-refractivity contribution in [1.29, 1.82) is 0 Å². The molecule has 2 amide bonds. The summed E-state index contributed by atoms with van der Waals surface area (Å²) < 4.78 is 38.0. The molecule has 126 valence electrons. The summed E-state index contributed by atoms with van der Waals surface area (Å²) >= 11 is 0. The van der Waals surface area contributed by atoms with Crippen molar-refractivity contribution in [3.63, 3.8) is 0 Å². The Labute approximate surface area is 131 Å². The molecule has 5 nitrogen and oxygen atoms in total. The third-order valence-electron chi connectivity index (χ3n) is 3.98. The van der Waals surface area contributed by atoms with Gasteiger partial charge in [0, 0.05) is 13.5 Å². The third-order valence-corrected chi connectivity index (χ3v) is 3.98. The molecule has 1 aromatic carbocycles. The SMILES string of the molecule is CONC(=O)[C@@H]1CCC(=O)N(C)[C@@H]1c1ccc(C(F)(F)F)cc1. The van der Waals surface area contributed by atoms with Gasteiger partial charge >= 0.3 is 6.18 Å². The number of carbonyl (C=O) groups excluding carboxylic acids is 2. The van der Waals surface area contributed by atoms with E-state index in [1.165, 1.54) is 31.2 Å². The normalized spacial score (nSPS) is 22.1. The highest BCUT2D eigenvalue weighted by Crippen LogP contribution is 2.37. The molecule has 0 aliphatic carbocycles. The molecular formula is C15H17F3N2O3. The molecule has 1 saturated heterocycles. The second kappa shape index (κ2) is 6.57. The molecule has 0 spiro atoms. The third kappa shape index (κ3) is 3.64. The molecule has 2 rings (SSSR count). The number of benzene rings is 1. The molecular weight excluding hydrogens is 313 g/mol. The first-order valence-corrected chi connectivity index (χ1v) is 7.01.